The van der Waals surface area contributed by atoms with Gasteiger partial charge in [0.1, 0.15) is 0 Å². The highest BCUT2D eigenvalue weighted by Gasteiger charge is 2.16. The first-order valence-electron chi connectivity index (χ1n) is 18.2. The van der Waals surface area contributed by atoms with Crippen molar-refractivity contribution in [3.8, 4) is 33.4 Å². The van der Waals surface area contributed by atoms with Gasteiger partial charge in [-0.3, -0.25) is 0 Å². The summed E-state index contributed by atoms with van der Waals surface area (Å²) in [6.45, 7) is 0. The number of nitrogens with zero attached hydrogens (tertiary/aromatic N) is 1. The summed E-state index contributed by atoms with van der Waals surface area (Å²) in [6, 6.07) is 77.3. The molecule has 0 spiro atoms. The quantitative estimate of drug-likeness (QED) is 0.159. The largest absolute Gasteiger partial charge is 0.311 e. The van der Waals surface area contributed by atoms with E-state index in [4.69, 9.17) is 0 Å². The molecule has 0 aromatic heterocycles. The number of anilines is 3. The van der Waals surface area contributed by atoms with E-state index in [9.17, 15) is 0 Å². The minimum absolute atomic E-state index is 1.11. The lowest BCUT2D eigenvalue weighted by molar-refractivity contribution is 1.28. The highest BCUT2D eigenvalue weighted by Crippen LogP contribution is 2.41. The van der Waals surface area contributed by atoms with Crippen LogP contribution in [0.5, 0.6) is 0 Å². The molecule has 0 heterocycles. The first-order valence-corrected chi connectivity index (χ1v) is 18.2. The van der Waals surface area contributed by atoms with Crippen molar-refractivity contribution in [1.82, 2.24) is 0 Å². The predicted molar refractivity (Wildman–Crippen MR) is 227 cm³/mol. The Kier molecular flexibility index (Phi) is 7.55. The fourth-order valence-electron chi connectivity index (χ4n) is 7.89. The highest BCUT2D eigenvalue weighted by atomic mass is 15.1. The Hall–Kier alpha value is -6.96. The Labute approximate surface area is 309 Å². The molecule has 0 saturated carbocycles. The van der Waals surface area contributed by atoms with E-state index in [0.29, 0.717) is 0 Å². The van der Waals surface area contributed by atoms with Gasteiger partial charge < -0.3 is 4.90 Å². The minimum Gasteiger partial charge on any atom is -0.311 e. The molecule has 0 amide bonds. The standard InChI is InChI=1S/C52H35N/c1-3-11-41-33-43(19-17-36(41)9-1)38-21-27-47(28-22-38)53(48-29-23-39(24-30-48)44-20-18-37-10-2-4-12-42(37)34-44)49-31-25-40(26-32-49)52-50-15-7-5-13-45(50)35-46-14-6-8-16-51(46)52/h1-35H. The monoisotopic (exact) mass is 673 g/mol. The lowest BCUT2D eigenvalue weighted by Gasteiger charge is -2.26. The molecule has 0 aliphatic carbocycles. The van der Waals surface area contributed by atoms with E-state index in [1.165, 1.54) is 76.5 Å². The van der Waals surface area contributed by atoms with Crippen molar-refractivity contribution in [2.75, 3.05) is 4.90 Å². The molecule has 0 saturated heterocycles. The van der Waals surface area contributed by atoms with Crippen molar-refractivity contribution in [2.45, 2.75) is 0 Å². The first kappa shape index (κ1) is 30.8. The second-order valence-corrected chi connectivity index (χ2v) is 13.8. The number of fused-ring (bicyclic) bond motifs is 4. The molecule has 10 aromatic rings. The van der Waals surface area contributed by atoms with Crippen molar-refractivity contribution in [2.24, 2.45) is 0 Å². The van der Waals surface area contributed by atoms with E-state index >= 15 is 0 Å². The van der Waals surface area contributed by atoms with Crippen LogP contribution in [0, 0.1) is 0 Å². The van der Waals surface area contributed by atoms with Gasteiger partial charge in [0.25, 0.3) is 0 Å². The van der Waals surface area contributed by atoms with Crippen LogP contribution in [0.3, 0.4) is 0 Å². The van der Waals surface area contributed by atoms with E-state index in [1.807, 2.05) is 0 Å². The summed E-state index contributed by atoms with van der Waals surface area (Å²) >= 11 is 0. The molecule has 0 aliphatic heterocycles. The zero-order chi connectivity index (χ0) is 35.1. The maximum Gasteiger partial charge on any atom is 0.0462 e. The average Bonchev–Trinajstić information content (AvgIpc) is 3.23. The van der Waals surface area contributed by atoms with Gasteiger partial charge in [-0.05, 0) is 131 Å². The number of hydrogen-bond donors (Lipinski definition) is 0. The minimum atomic E-state index is 1.11. The van der Waals surface area contributed by atoms with Crippen molar-refractivity contribution in [3.05, 3.63) is 212 Å². The van der Waals surface area contributed by atoms with Crippen LogP contribution in [0.4, 0.5) is 17.1 Å². The molecule has 10 rings (SSSR count). The van der Waals surface area contributed by atoms with E-state index in [2.05, 4.69) is 217 Å². The molecule has 0 unspecified atom stereocenters. The van der Waals surface area contributed by atoms with Crippen molar-refractivity contribution >= 4 is 60.2 Å². The maximum absolute atomic E-state index is 2.36. The summed E-state index contributed by atoms with van der Waals surface area (Å²) in [6.07, 6.45) is 0. The van der Waals surface area contributed by atoms with Gasteiger partial charge in [0.15, 0.2) is 0 Å². The Morgan fingerprint density at radius 1 is 0.226 bits per heavy atom. The van der Waals surface area contributed by atoms with Gasteiger partial charge >= 0.3 is 0 Å². The van der Waals surface area contributed by atoms with Crippen LogP contribution in [0.25, 0.3) is 76.5 Å². The topological polar surface area (TPSA) is 3.24 Å². The van der Waals surface area contributed by atoms with Crippen LogP contribution in [-0.4, -0.2) is 0 Å². The van der Waals surface area contributed by atoms with E-state index in [1.54, 1.807) is 0 Å². The molecular formula is C52H35N. The Morgan fingerprint density at radius 2 is 0.566 bits per heavy atom. The predicted octanol–water partition coefficient (Wildman–Crippen LogP) is 14.8. The molecule has 248 valence electrons. The first-order chi connectivity index (χ1) is 26.2. The van der Waals surface area contributed by atoms with Gasteiger partial charge in [0, 0.05) is 17.1 Å². The van der Waals surface area contributed by atoms with Crippen molar-refractivity contribution in [3.63, 3.8) is 0 Å². The van der Waals surface area contributed by atoms with Gasteiger partial charge in [0.05, 0.1) is 0 Å². The number of rotatable bonds is 6. The summed E-state index contributed by atoms with van der Waals surface area (Å²) < 4.78 is 0. The second kappa shape index (κ2) is 13.0. The molecule has 1 heteroatoms. The van der Waals surface area contributed by atoms with Crippen LogP contribution in [0.15, 0.2) is 212 Å². The molecule has 0 atom stereocenters. The summed E-state index contributed by atoms with van der Waals surface area (Å²) in [5.41, 5.74) is 10.6. The average molecular weight is 674 g/mol. The van der Waals surface area contributed by atoms with E-state index in [-0.39, 0.29) is 0 Å². The number of benzene rings is 10. The van der Waals surface area contributed by atoms with Gasteiger partial charge in [-0.2, -0.15) is 0 Å². The summed E-state index contributed by atoms with van der Waals surface area (Å²) in [4.78, 5) is 2.36. The third-order valence-electron chi connectivity index (χ3n) is 10.6. The van der Waals surface area contributed by atoms with E-state index < -0.39 is 0 Å². The van der Waals surface area contributed by atoms with Gasteiger partial charge in [0.2, 0.25) is 0 Å². The lowest BCUT2D eigenvalue weighted by atomic mass is 9.92. The van der Waals surface area contributed by atoms with E-state index in [0.717, 1.165) is 17.1 Å². The van der Waals surface area contributed by atoms with Gasteiger partial charge in [-0.15, -0.1) is 0 Å². The van der Waals surface area contributed by atoms with Gasteiger partial charge in [-0.1, -0.05) is 158 Å². The van der Waals surface area contributed by atoms with Crippen LogP contribution < -0.4 is 4.90 Å². The zero-order valence-electron chi connectivity index (χ0n) is 29.2. The summed E-state index contributed by atoms with van der Waals surface area (Å²) in [5, 5.41) is 10.1. The van der Waals surface area contributed by atoms with Crippen LogP contribution in [-0.2, 0) is 0 Å². The molecule has 0 N–H and O–H groups in total. The fraction of sp³-hybridized carbons (Fsp3) is 0. The number of hydrogen-bond acceptors (Lipinski definition) is 1. The molecule has 1 nitrogen and oxygen atoms in total. The molecule has 10 aromatic carbocycles. The fourth-order valence-corrected chi connectivity index (χ4v) is 7.89. The van der Waals surface area contributed by atoms with Crippen LogP contribution in [0.2, 0.25) is 0 Å². The second-order valence-electron chi connectivity index (χ2n) is 13.8. The normalized spacial score (nSPS) is 11.4. The summed E-state index contributed by atoms with van der Waals surface area (Å²) in [7, 11) is 0. The smallest absolute Gasteiger partial charge is 0.0462 e. The Balaban J connectivity index is 1.06. The van der Waals surface area contributed by atoms with Crippen LogP contribution in [0.1, 0.15) is 0 Å². The Morgan fingerprint density at radius 3 is 1.00 bits per heavy atom. The molecule has 53 heavy (non-hydrogen) atoms. The van der Waals surface area contributed by atoms with Gasteiger partial charge in [-0.25, -0.2) is 0 Å². The Bertz CT molecular complexity index is 2740. The molecule has 0 bridgehead atoms. The third kappa shape index (κ3) is 5.69. The molecule has 0 fully saturated rings. The maximum atomic E-state index is 2.36. The molecular weight excluding hydrogens is 639 g/mol. The highest BCUT2D eigenvalue weighted by molar-refractivity contribution is 6.12. The zero-order valence-corrected chi connectivity index (χ0v) is 29.2. The summed E-state index contributed by atoms with van der Waals surface area (Å²) in [5.74, 6) is 0. The van der Waals surface area contributed by atoms with Crippen molar-refractivity contribution < 1.29 is 0 Å². The lowest BCUT2D eigenvalue weighted by Crippen LogP contribution is -2.09. The van der Waals surface area contributed by atoms with Crippen LogP contribution >= 0.6 is 0 Å². The molecule has 0 aliphatic rings. The molecule has 0 radical (unpaired) electrons. The van der Waals surface area contributed by atoms with Crippen molar-refractivity contribution in [1.29, 1.82) is 0 Å². The third-order valence-corrected chi connectivity index (χ3v) is 10.6. The SMILES string of the molecule is c1ccc2cc(-c3ccc(N(c4ccc(-c5ccc6ccccc6c5)cc4)c4ccc(-c5c6ccccc6cc6ccccc56)cc4)cc3)ccc2c1.